The molecule has 0 heterocycles. The van der Waals surface area contributed by atoms with E-state index in [0.29, 0.717) is 0 Å². The largest absolute Gasteiger partial charge is 0.0617 e. The molecular weight excluding hydrogens is 528 g/mol. The van der Waals surface area contributed by atoms with Gasteiger partial charge in [0.15, 0.2) is 0 Å². The number of allylic oxidation sites excluding steroid dienone is 2. The predicted octanol–water partition coefficient (Wildman–Crippen LogP) is 11.3. The van der Waals surface area contributed by atoms with Crippen molar-refractivity contribution in [3.05, 3.63) is 177 Å². The number of fused-ring (bicyclic) bond motifs is 4. The number of aryl methyl sites for hydroxylation is 2. The molecule has 0 heteroatoms. The first kappa shape index (κ1) is 26.9. The Morgan fingerprint density at radius 2 is 0.841 bits per heavy atom. The van der Waals surface area contributed by atoms with Crippen molar-refractivity contribution in [2.75, 3.05) is 0 Å². The topological polar surface area (TPSA) is 0 Å². The molecule has 0 radical (unpaired) electrons. The molecule has 0 nitrogen and oxygen atoms in total. The lowest BCUT2D eigenvalue weighted by Crippen LogP contribution is -2.02. The summed E-state index contributed by atoms with van der Waals surface area (Å²) in [5, 5.41) is 5.35. The van der Waals surface area contributed by atoms with Gasteiger partial charge in [0, 0.05) is 0 Å². The van der Waals surface area contributed by atoms with E-state index in [1.807, 2.05) is 0 Å². The third-order valence-corrected chi connectivity index (χ3v) is 10.1. The molecule has 2 aliphatic rings. The van der Waals surface area contributed by atoms with Gasteiger partial charge in [-0.1, -0.05) is 146 Å². The highest BCUT2D eigenvalue weighted by molar-refractivity contribution is 6.02. The molecule has 2 aliphatic carbocycles. The van der Waals surface area contributed by atoms with E-state index in [2.05, 4.69) is 135 Å². The van der Waals surface area contributed by atoms with E-state index < -0.39 is 0 Å². The second-order valence-corrected chi connectivity index (χ2v) is 12.5. The zero-order valence-electron chi connectivity index (χ0n) is 25.8. The molecule has 0 saturated heterocycles. The third kappa shape index (κ3) is 4.36. The van der Waals surface area contributed by atoms with Gasteiger partial charge < -0.3 is 0 Å². The van der Waals surface area contributed by atoms with Gasteiger partial charge >= 0.3 is 0 Å². The van der Waals surface area contributed by atoms with Crippen LogP contribution in [-0.4, -0.2) is 0 Å². The van der Waals surface area contributed by atoms with Gasteiger partial charge in [-0.25, -0.2) is 0 Å². The van der Waals surface area contributed by atoms with E-state index in [-0.39, 0.29) is 0 Å². The zero-order valence-corrected chi connectivity index (χ0v) is 25.8. The van der Waals surface area contributed by atoms with Crippen LogP contribution >= 0.6 is 0 Å². The Hall–Kier alpha value is -4.68. The summed E-state index contributed by atoms with van der Waals surface area (Å²) in [5.41, 5.74) is 17.8. The number of hydrogen-bond donors (Lipinski definition) is 0. The molecule has 6 aromatic carbocycles. The minimum Gasteiger partial charge on any atom is -0.0617 e. The molecule has 6 aromatic rings. The molecular formula is C44H38. The monoisotopic (exact) mass is 566 g/mol. The van der Waals surface area contributed by atoms with Crippen LogP contribution in [0.15, 0.2) is 132 Å². The fourth-order valence-corrected chi connectivity index (χ4v) is 8.06. The van der Waals surface area contributed by atoms with Gasteiger partial charge in [-0.3, -0.25) is 0 Å². The summed E-state index contributed by atoms with van der Waals surface area (Å²) >= 11 is 0. The van der Waals surface area contributed by atoms with Gasteiger partial charge in [-0.2, -0.15) is 0 Å². The summed E-state index contributed by atoms with van der Waals surface area (Å²) in [5.74, 6) is 0. The molecule has 214 valence electrons. The molecule has 0 atom stereocenters. The van der Waals surface area contributed by atoms with E-state index in [9.17, 15) is 0 Å². The Labute approximate surface area is 261 Å². The highest BCUT2D eigenvalue weighted by atomic mass is 14.3. The molecule has 0 aromatic heterocycles. The number of rotatable bonds is 7. The Balaban J connectivity index is 1.21. The van der Waals surface area contributed by atoms with Gasteiger partial charge in [0.25, 0.3) is 0 Å². The van der Waals surface area contributed by atoms with Crippen LogP contribution in [0.4, 0.5) is 0 Å². The molecule has 44 heavy (non-hydrogen) atoms. The number of hydrogen-bond acceptors (Lipinski definition) is 0. The van der Waals surface area contributed by atoms with Crippen LogP contribution in [0, 0.1) is 0 Å². The smallest absolute Gasteiger partial charge is 0.00515 e. The summed E-state index contributed by atoms with van der Waals surface area (Å²) in [7, 11) is 0. The lowest BCUT2D eigenvalue weighted by molar-refractivity contribution is 0.947. The summed E-state index contributed by atoms with van der Waals surface area (Å²) < 4.78 is 0. The van der Waals surface area contributed by atoms with Gasteiger partial charge in [-0.15, -0.1) is 0 Å². The number of benzene rings is 6. The van der Waals surface area contributed by atoms with Gasteiger partial charge in [0.2, 0.25) is 0 Å². The quantitative estimate of drug-likeness (QED) is 0.180. The second kappa shape index (κ2) is 11.1. The zero-order chi connectivity index (χ0) is 29.6. The second-order valence-electron chi connectivity index (χ2n) is 12.5. The van der Waals surface area contributed by atoms with Crippen molar-refractivity contribution in [3.8, 4) is 0 Å². The standard InChI is InChI=1S/C44H38/c1-3-29-27-35-19-9-17-33(41(35)43(29)39-23-11-15-31-13-5-7-21-37(31)39)25-26-34-18-10-20-36-28-30(4-2)44(42(34)36)40-24-12-16-32-14-6-8-22-38(32)40/h5-24H,3-4,25-28H2,1-2H3. The Morgan fingerprint density at radius 3 is 1.30 bits per heavy atom. The van der Waals surface area contributed by atoms with Crippen molar-refractivity contribution in [1.82, 2.24) is 0 Å². The molecule has 0 saturated carbocycles. The Morgan fingerprint density at radius 1 is 0.432 bits per heavy atom. The van der Waals surface area contributed by atoms with Crippen molar-refractivity contribution in [2.24, 2.45) is 0 Å². The van der Waals surface area contributed by atoms with Crippen molar-refractivity contribution in [1.29, 1.82) is 0 Å². The van der Waals surface area contributed by atoms with Crippen LogP contribution in [-0.2, 0) is 25.7 Å². The first-order valence-corrected chi connectivity index (χ1v) is 16.4. The average Bonchev–Trinajstić information content (AvgIpc) is 3.66. The van der Waals surface area contributed by atoms with Crippen LogP contribution < -0.4 is 0 Å². The van der Waals surface area contributed by atoms with E-state index in [0.717, 1.165) is 38.5 Å². The minimum atomic E-state index is 1.04. The van der Waals surface area contributed by atoms with Crippen LogP contribution in [0.5, 0.6) is 0 Å². The SMILES string of the molecule is CCC1=C(c2cccc3ccccc23)c2c(CCc3cccc4c3C(c3cccc5ccccc35)=C(CC)C4)cccc2C1. The van der Waals surface area contributed by atoms with E-state index in [4.69, 9.17) is 0 Å². The maximum Gasteiger partial charge on any atom is -0.00515 e. The minimum absolute atomic E-state index is 1.04. The summed E-state index contributed by atoms with van der Waals surface area (Å²) in [6.45, 7) is 4.65. The maximum absolute atomic E-state index is 2.39. The lowest BCUT2D eigenvalue weighted by atomic mass is 9.86. The highest BCUT2D eigenvalue weighted by Crippen LogP contribution is 2.45. The van der Waals surface area contributed by atoms with E-state index >= 15 is 0 Å². The first-order valence-electron chi connectivity index (χ1n) is 16.4. The fraction of sp³-hybridized carbons (Fsp3) is 0.182. The highest BCUT2D eigenvalue weighted by Gasteiger charge is 2.28. The van der Waals surface area contributed by atoms with E-state index in [1.54, 1.807) is 11.1 Å². The van der Waals surface area contributed by atoms with Crippen LogP contribution in [0.3, 0.4) is 0 Å². The van der Waals surface area contributed by atoms with Crippen molar-refractivity contribution in [3.63, 3.8) is 0 Å². The first-order chi connectivity index (χ1) is 21.7. The molecule has 0 aliphatic heterocycles. The molecule has 0 bridgehead atoms. The normalized spacial score (nSPS) is 14.1. The van der Waals surface area contributed by atoms with E-state index in [1.165, 1.54) is 77.2 Å². The summed E-state index contributed by atoms with van der Waals surface area (Å²) in [6.07, 6.45) is 6.36. The lowest BCUT2D eigenvalue weighted by Gasteiger charge is -2.18. The summed E-state index contributed by atoms with van der Waals surface area (Å²) in [6, 6.07) is 45.5. The molecule has 0 fully saturated rings. The molecule has 0 spiro atoms. The Bertz CT molecular complexity index is 1970. The third-order valence-electron chi connectivity index (χ3n) is 10.1. The molecule has 8 rings (SSSR count). The fourth-order valence-electron chi connectivity index (χ4n) is 8.06. The van der Waals surface area contributed by atoms with Crippen LogP contribution in [0.25, 0.3) is 32.7 Å². The maximum atomic E-state index is 2.39. The summed E-state index contributed by atoms with van der Waals surface area (Å²) in [4.78, 5) is 0. The van der Waals surface area contributed by atoms with Gasteiger partial charge in [0.1, 0.15) is 0 Å². The van der Waals surface area contributed by atoms with Crippen LogP contribution in [0.2, 0.25) is 0 Å². The van der Waals surface area contributed by atoms with Crippen LogP contribution in [0.1, 0.15) is 71.2 Å². The Kier molecular flexibility index (Phi) is 6.79. The van der Waals surface area contributed by atoms with Crippen molar-refractivity contribution in [2.45, 2.75) is 52.4 Å². The van der Waals surface area contributed by atoms with Crippen molar-refractivity contribution < 1.29 is 0 Å². The molecule has 0 unspecified atom stereocenters. The molecule has 0 amide bonds. The van der Waals surface area contributed by atoms with Crippen molar-refractivity contribution >= 4 is 32.7 Å². The molecule has 0 N–H and O–H groups in total. The predicted molar refractivity (Wildman–Crippen MR) is 188 cm³/mol. The average molecular weight is 567 g/mol. The van der Waals surface area contributed by atoms with Gasteiger partial charge in [0.05, 0.1) is 0 Å². The van der Waals surface area contributed by atoms with Gasteiger partial charge in [-0.05, 0) is 116 Å².